The Labute approximate surface area is 420 Å². The third-order valence-electron chi connectivity index (χ3n) is 12.1. The third-order valence-corrected chi connectivity index (χ3v) is 13.1. The number of amides is 1. The number of unbranched alkanes of at least 4 members (excludes halogenated alkanes) is 25. The minimum absolute atomic E-state index is 0.00276. The van der Waals surface area contributed by atoms with E-state index in [4.69, 9.17) is 9.05 Å². The molecule has 0 aliphatic carbocycles. The van der Waals surface area contributed by atoms with Crippen LogP contribution in [0.3, 0.4) is 0 Å². The molecule has 3 atom stereocenters. The standard InChI is InChI=1S/C59H107N2O6P/c1-6-8-10-12-13-14-15-16-17-18-19-20-21-22-23-24-25-26-27-28-29-30-31-32-33-34-35-36-37-38-39-40-41-42-43-44-45-46-47-49-51-53-59(63)60-57(58(62)52-50-48-11-9-7-2)56-67-68(64,65)66-55-54-61(3,4)5/h8,10,13-14,16-17,19-20,22-23,25-26,50,52,57-58,62H,6-7,9,11-12,15,18,21,24,27-49,51,53-56H2,1-5H3,(H-,60,63,64,65)/b10-8-,14-13-,17-16-,20-19-,23-22-,26-25-,52-50+. The molecule has 0 aliphatic rings. The van der Waals surface area contributed by atoms with Crippen LogP contribution in [0.15, 0.2) is 85.1 Å². The van der Waals surface area contributed by atoms with Crippen molar-refractivity contribution in [1.29, 1.82) is 0 Å². The van der Waals surface area contributed by atoms with Crippen molar-refractivity contribution in [3.8, 4) is 0 Å². The van der Waals surface area contributed by atoms with Crippen LogP contribution in [0.5, 0.6) is 0 Å². The molecule has 0 aromatic carbocycles. The second kappa shape index (κ2) is 49.7. The summed E-state index contributed by atoms with van der Waals surface area (Å²) in [5.74, 6) is -0.204. The number of phosphoric ester groups is 1. The Bertz CT molecular complexity index is 1380. The highest BCUT2D eigenvalue weighted by molar-refractivity contribution is 7.45. The maximum atomic E-state index is 12.8. The van der Waals surface area contributed by atoms with Gasteiger partial charge in [-0.25, -0.2) is 0 Å². The summed E-state index contributed by atoms with van der Waals surface area (Å²) in [7, 11) is 1.26. The molecule has 0 aliphatic heterocycles. The van der Waals surface area contributed by atoms with E-state index in [1.165, 1.54) is 128 Å². The number of nitrogens with one attached hydrogen (secondary N) is 1. The van der Waals surface area contributed by atoms with Gasteiger partial charge in [-0.15, -0.1) is 0 Å². The molecule has 0 aromatic heterocycles. The molecule has 2 N–H and O–H groups in total. The number of aliphatic hydroxyl groups excluding tert-OH is 1. The van der Waals surface area contributed by atoms with Gasteiger partial charge in [-0.05, 0) is 70.6 Å². The molecular formula is C59H107N2O6P. The number of quaternary nitrogens is 1. The second-order valence-electron chi connectivity index (χ2n) is 19.9. The topological polar surface area (TPSA) is 108 Å². The summed E-state index contributed by atoms with van der Waals surface area (Å²) in [4.78, 5) is 25.2. The first-order valence-corrected chi connectivity index (χ1v) is 29.4. The average Bonchev–Trinajstić information content (AvgIpc) is 3.30. The SMILES string of the molecule is CC/C=C\C/C=C\C/C=C\C/C=C\C/C=C\C/C=C\CCCCCCCCCCCCCCCCCCCCCCCCC(=O)NC(COP(=O)([O-])OCC[N+](C)(C)C)C(O)/C=C/CCCCC. The summed E-state index contributed by atoms with van der Waals surface area (Å²) in [6, 6.07) is -0.883. The first-order chi connectivity index (χ1) is 33.0. The van der Waals surface area contributed by atoms with Gasteiger partial charge < -0.3 is 28.8 Å². The van der Waals surface area contributed by atoms with E-state index in [2.05, 4.69) is 92.1 Å². The highest BCUT2D eigenvalue weighted by Crippen LogP contribution is 2.38. The molecular weight excluding hydrogens is 864 g/mol. The Hall–Kier alpha value is -2.32. The number of phosphoric acid groups is 1. The van der Waals surface area contributed by atoms with E-state index >= 15 is 0 Å². The molecule has 0 fully saturated rings. The summed E-state index contributed by atoms with van der Waals surface area (Å²) in [5, 5.41) is 13.6. The number of rotatable bonds is 50. The Kier molecular flexibility index (Phi) is 48.0. The van der Waals surface area contributed by atoms with E-state index in [0.29, 0.717) is 17.4 Å². The first-order valence-electron chi connectivity index (χ1n) is 27.9. The smallest absolute Gasteiger partial charge is 0.268 e. The fourth-order valence-electron chi connectivity index (χ4n) is 7.74. The van der Waals surface area contributed by atoms with Crippen molar-refractivity contribution in [2.24, 2.45) is 0 Å². The number of nitrogens with zero attached hydrogens (tertiary/aromatic N) is 1. The summed E-state index contributed by atoms with van der Waals surface area (Å²) >= 11 is 0. The highest BCUT2D eigenvalue weighted by Gasteiger charge is 2.23. The number of allylic oxidation sites excluding steroid dienone is 13. The summed E-state index contributed by atoms with van der Waals surface area (Å²) < 4.78 is 23.0. The van der Waals surface area contributed by atoms with E-state index in [1.807, 2.05) is 27.2 Å². The van der Waals surface area contributed by atoms with Gasteiger partial charge in [0, 0.05) is 6.42 Å². The molecule has 394 valence electrons. The predicted molar refractivity (Wildman–Crippen MR) is 293 cm³/mol. The lowest BCUT2D eigenvalue weighted by molar-refractivity contribution is -0.870. The second-order valence-corrected chi connectivity index (χ2v) is 21.3. The normalized spacial score (nSPS) is 14.6. The number of hydrogen-bond donors (Lipinski definition) is 2. The van der Waals surface area contributed by atoms with Gasteiger partial charge in [0.25, 0.3) is 7.82 Å². The molecule has 0 saturated heterocycles. The minimum atomic E-state index is -4.58. The number of hydrogen-bond acceptors (Lipinski definition) is 6. The van der Waals surface area contributed by atoms with Gasteiger partial charge in [0.2, 0.25) is 5.91 Å². The van der Waals surface area contributed by atoms with Crippen molar-refractivity contribution in [2.45, 2.75) is 244 Å². The zero-order valence-corrected chi connectivity index (χ0v) is 45.7. The van der Waals surface area contributed by atoms with Crippen LogP contribution in [0.2, 0.25) is 0 Å². The Morgan fingerprint density at radius 3 is 1.31 bits per heavy atom. The van der Waals surface area contributed by atoms with Crippen LogP contribution in [0, 0.1) is 0 Å². The minimum Gasteiger partial charge on any atom is -0.756 e. The fourth-order valence-corrected chi connectivity index (χ4v) is 8.47. The molecule has 68 heavy (non-hydrogen) atoms. The van der Waals surface area contributed by atoms with Crippen molar-refractivity contribution in [3.05, 3.63) is 85.1 Å². The zero-order valence-electron chi connectivity index (χ0n) is 44.8. The number of likely N-dealkylation sites (N-methyl/N-ethyl adjacent to an activating group) is 1. The first kappa shape index (κ1) is 65.7. The van der Waals surface area contributed by atoms with Crippen molar-refractivity contribution in [2.75, 3.05) is 40.9 Å². The van der Waals surface area contributed by atoms with Crippen molar-refractivity contribution in [1.82, 2.24) is 5.32 Å². The monoisotopic (exact) mass is 971 g/mol. The van der Waals surface area contributed by atoms with E-state index in [1.54, 1.807) is 6.08 Å². The van der Waals surface area contributed by atoms with E-state index in [-0.39, 0.29) is 19.1 Å². The lowest BCUT2D eigenvalue weighted by Crippen LogP contribution is -2.45. The van der Waals surface area contributed by atoms with Crippen LogP contribution in [0.4, 0.5) is 0 Å². The molecule has 1 amide bonds. The van der Waals surface area contributed by atoms with Gasteiger partial charge in [-0.3, -0.25) is 9.36 Å². The quantitative estimate of drug-likeness (QED) is 0.0272. The van der Waals surface area contributed by atoms with Gasteiger partial charge >= 0.3 is 0 Å². The fraction of sp³-hybridized carbons (Fsp3) is 0.746. The highest BCUT2D eigenvalue weighted by atomic mass is 31.2. The van der Waals surface area contributed by atoms with Crippen LogP contribution in [0.1, 0.15) is 232 Å². The zero-order chi connectivity index (χ0) is 49.9. The molecule has 0 aromatic rings. The Morgan fingerprint density at radius 2 is 0.897 bits per heavy atom. The largest absolute Gasteiger partial charge is 0.756 e. The summed E-state index contributed by atoms with van der Waals surface area (Å²) in [6.07, 6.45) is 70.3. The molecule has 0 bridgehead atoms. The van der Waals surface area contributed by atoms with Crippen molar-refractivity contribution in [3.63, 3.8) is 0 Å². The molecule has 0 saturated carbocycles. The van der Waals surface area contributed by atoms with Gasteiger partial charge in [0.1, 0.15) is 13.2 Å². The lowest BCUT2D eigenvalue weighted by Gasteiger charge is -2.29. The van der Waals surface area contributed by atoms with E-state index < -0.39 is 20.0 Å². The molecule has 3 unspecified atom stereocenters. The van der Waals surface area contributed by atoms with Gasteiger partial charge in [0.05, 0.1) is 39.9 Å². The number of carbonyl (C=O) groups excluding carboxylic acids is 1. The molecule has 0 spiro atoms. The van der Waals surface area contributed by atoms with Gasteiger partial charge in [-0.2, -0.15) is 0 Å². The van der Waals surface area contributed by atoms with E-state index in [0.717, 1.165) is 83.5 Å². The molecule has 0 rings (SSSR count). The summed E-state index contributed by atoms with van der Waals surface area (Å²) in [6.45, 7) is 4.41. The van der Waals surface area contributed by atoms with E-state index in [9.17, 15) is 19.4 Å². The van der Waals surface area contributed by atoms with Crippen molar-refractivity contribution < 1.29 is 32.9 Å². The Balaban J connectivity index is 3.72. The molecule has 8 nitrogen and oxygen atoms in total. The maximum Gasteiger partial charge on any atom is 0.268 e. The molecule has 0 heterocycles. The molecule has 0 radical (unpaired) electrons. The van der Waals surface area contributed by atoms with Crippen LogP contribution >= 0.6 is 7.82 Å². The maximum absolute atomic E-state index is 12.8. The number of carbonyl (C=O) groups is 1. The number of aliphatic hydroxyl groups is 1. The molecule has 9 heteroatoms. The summed E-state index contributed by atoms with van der Waals surface area (Å²) in [5.41, 5.74) is 0. The van der Waals surface area contributed by atoms with Crippen molar-refractivity contribution >= 4 is 13.7 Å². The van der Waals surface area contributed by atoms with Gasteiger partial charge in [-0.1, -0.05) is 240 Å². The Morgan fingerprint density at radius 1 is 0.529 bits per heavy atom. The van der Waals surface area contributed by atoms with Crippen LogP contribution < -0.4 is 10.2 Å². The lowest BCUT2D eigenvalue weighted by atomic mass is 10.0. The van der Waals surface area contributed by atoms with Crippen LogP contribution in [0.25, 0.3) is 0 Å². The van der Waals surface area contributed by atoms with Crippen LogP contribution in [-0.2, 0) is 18.4 Å². The van der Waals surface area contributed by atoms with Crippen LogP contribution in [-0.4, -0.2) is 68.5 Å². The predicted octanol–water partition coefficient (Wildman–Crippen LogP) is 16.2. The van der Waals surface area contributed by atoms with Gasteiger partial charge in [0.15, 0.2) is 0 Å². The average molecular weight is 971 g/mol. The third kappa shape index (κ3) is 51.5.